The van der Waals surface area contributed by atoms with Gasteiger partial charge in [0, 0.05) is 18.3 Å². The fourth-order valence-electron chi connectivity index (χ4n) is 3.50. The normalized spacial score (nSPS) is 11.0. The van der Waals surface area contributed by atoms with E-state index < -0.39 is 0 Å². The molecule has 7 heteroatoms. The summed E-state index contributed by atoms with van der Waals surface area (Å²) in [7, 11) is 0. The minimum atomic E-state index is 0.412. The molecule has 5 rings (SSSR count). The number of nitrogens with two attached hydrogens (primary N) is 1. The third kappa shape index (κ3) is 3.19. The van der Waals surface area contributed by atoms with Gasteiger partial charge in [-0.2, -0.15) is 15.4 Å². The van der Waals surface area contributed by atoms with Gasteiger partial charge in [0.25, 0.3) is 0 Å². The van der Waals surface area contributed by atoms with Crippen LogP contribution in [-0.4, -0.2) is 30.4 Å². The minimum Gasteiger partial charge on any atom is -0.383 e. The predicted octanol–water partition coefficient (Wildman–Crippen LogP) is 3.65. The number of hydrogen-bond acceptors (Lipinski definition) is 6. The number of benzene rings is 2. The first-order valence-corrected chi connectivity index (χ1v) is 9.20. The third-order valence-electron chi connectivity index (χ3n) is 4.78. The molecule has 0 radical (unpaired) electrons. The number of fused-ring (bicyclic) bond motifs is 1. The van der Waals surface area contributed by atoms with Gasteiger partial charge in [-0.05, 0) is 34.9 Å². The lowest BCUT2D eigenvalue weighted by Gasteiger charge is -2.15. The average Bonchev–Trinajstić information content (AvgIpc) is 3.30. The molecule has 0 spiro atoms. The summed E-state index contributed by atoms with van der Waals surface area (Å²) in [5, 5.41) is 11.3. The molecular weight excluding hydrogens is 362 g/mol. The van der Waals surface area contributed by atoms with Crippen LogP contribution in [0.25, 0.3) is 33.5 Å². The van der Waals surface area contributed by atoms with E-state index in [1.54, 1.807) is 12.4 Å². The van der Waals surface area contributed by atoms with E-state index in [9.17, 15) is 0 Å². The van der Waals surface area contributed by atoms with Crippen molar-refractivity contribution in [2.24, 2.45) is 0 Å². The fourth-order valence-corrected chi connectivity index (χ4v) is 3.50. The number of H-pyrrole nitrogens is 1. The van der Waals surface area contributed by atoms with Crippen LogP contribution in [-0.2, 0) is 6.42 Å². The molecule has 3 N–H and O–H groups in total. The Kier molecular flexibility index (Phi) is 4.18. The molecule has 0 amide bonds. The Morgan fingerprint density at radius 3 is 2.52 bits per heavy atom. The van der Waals surface area contributed by atoms with E-state index in [2.05, 4.69) is 48.6 Å². The number of nitrogen functional groups attached to an aromatic ring is 1. The van der Waals surface area contributed by atoms with E-state index in [0.717, 1.165) is 33.3 Å². The molecule has 5 aromatic rings. The van der Waals surface area contributed by atoms with Gasteiger partial charge in [0.15, 0.2) is 5.82 Å². The van der Waals surface area contributed by atoms with E-state index in [1.165, 1.54) is 0 Å². The van der Waals surface area contributed by atoms with E-state index in [0.29, 0.717) is 23.8 Å². The highest BCUT2D eigenvalue weighted by atomic mass is 15.3. The van der Waals surface area contributed by atoms with Gasteiger partial charge in [-0.1, -0.05) is 42.5 Å². The highest BCUT2D eigenvalue weighted by Gasteiger charge is 2.17. The zero-order chi connectivity index (χ0) is 19.6. The van der Waals surface area contributed by atoms with Crippen molar-refractivity contribution < 1.29 is 0 Å². The summed E-state index contributed by atoms with van der Waals surface area (Å²) >= 11 is 0. The summed E-state index contributed by atoms with van der Waals surface area (Å²) in [5.74, 6) is 0.856. The van der Waals surface area contributed by atoms with E-state index >= 15 is 0 Å². The lowest BCUT2D eigenvalue weighted by atomic mass is 9.92. The van der Waals surface area contributed by atoms with E-state index in [4.69, 9.17) is 5.73 Å². The van der Waals surface area contributed by atoms with E-state index in [-0.39, 0.29) is 0 Å². The minimum absolute atomic E-state index is 0.412. The first-order chi connectivity index (χ1) is 14.3. The largest absolute Gasteiger partial charge is 0.383 e. The Morgan fingerprint density at radius 2 is 1.76 bits per heavy atom. The van der Waals surface area contributed by atoms with Crippen LogP contribution in [0.2, 0.25) is 0 Å². The number of nitrogens with one attached hydrogen (secondary N) is 1. The summed E-state index contributed by atoms with van der Waals surface area (Å²) in [6.07, 6.45) is 4.07. The van der Waals surface area contributed by atoms with Crippen LogP contribution >= 0.6 is 0 Å². The molecule has 29 heavy (non-hydrogen) atoms. The molecule has 0 saturated heterocycles. The highest BCUT2D eigenvalue weighted by Crippen LogP contribution is 2.36. The van der Waals surface area contributed by atoms with E-state index in [1.807, 2.05) is 42.5 Å². The van der Waals surface area contributed by atoms with Gasteiger partial charge in [-0.3, -0.25) is 4.98 Å². The lowest BCUT2D eigenvalue weighted by molar-refractivity contribution is 0.939. The molecule has 7 nitrogen and oxygen atoms in total. The molecular formula is C22H17N7. The molecule has 0 fully saturated rings. The fraction of sp³-hybridized carbons (Fsp3) is 0.0455. The average molecular weight is 379 g/mol. The Bertz CT molecular complexity index is 1270. The SMILES string of the molecule is Nc1nc(-c2cn[nH]n2)nc2ccc(Cc3ccccn3)c(-c3ccccc3)c12. The van der Waals surface area contributed by atoms with Crippen molar-refractivity contribution in [2.45, 2.75) is 6.42 Å². The number of pyridine rings is 1. The van der Waals surface area contributed by atoms with Crippen molar-refractivity contribution in [1.82, 2.24) is 30.4 Å². The van der Waals surface area contributed by atoms with Gasteiger partial charge >= 0.3 is 0 Å². The maximum Gasteiger partial charge on any atom is 0.184 e. The van der Waals surface area contributed by atoms with Crippen LogP contribution in [0.15, 0.2) is 73.1 Å². The second-order valence-corrected chi connectivity index (χ2v) is 6.65. The smallest absolute Gasteiger partial charge is 0.184 e. The Hall–Kier alpha value is -4.13. The molecule has 2 aromatic carbocycles. The Balaban J connectivity index is 1.75. The number of aromatic nitrogens is 6. The molecule has 0 aliphatic rings. The molecule has 0 aliphatic heterocycles. The first-order valence-electron chi connectivity index (χ1n) is 9.20. The van der Waals surface area contributed by atoms with Gasteiger partial charge < -0.3 is 5.73 Å². The molecule has 0 bridgehead atoms. The van der Waals surface area contributed by atoms with Gasteiger partial charge in [0.1, 0.15) is 11.5 Å². The maximum absolute atomic E-state index is 6.44. The monoisotopic (exact) mass is 379 g/mol. The number of aromatic amines is 1. The van der Waals surface area contributed by atoms with Crippen molar-refractivity contribution in [1.29, 1.82) is 0 Å². The summed E-state index contributed by atoms with van der Waals surface area (Å²) in [6, 6.07) is 20.1. The quantitative estimate of drug-likeness (QED) is 0.494. The van der Waals surface area contributed by atoms with Crippen molar-refractivity contribution in [3.63, 3.8) is 0 Å². The zero-order valence-corrected chi connectivity index (χ0v) is 15.4. The number of nitrogens with zero attached hydrogens (tertiary/aromatic N) is 5. The number of anilines is 1. The number of rotatable bonds is 4. The Labute approximate surface area is 166 Å². The first kappa shape index (κ1) is 17.0. The van der Waals surface area contributed by atoms with Crippen molar-refractivity contribution in [3.05, 3.63) is 84.3 Å². The van der Waals surface area contributed by atoms with Crippen LogP contribution < -0.4 is 5.73 Å². The second kappa shape index (κ2) is 7.12. The second-order valence-electron chi connectivity index (χ2n) is 6.65. The van der Waals surface area contributed by atoms with Crippen molar-refractivity contribution in [3.8, 4) is 22.6 Å². The highest BCUT2D eigenvalue weighted by molar-refractivity contribution is 6.03. The predicted molar refractivity (Wildman–Crippen MR) is 112 cm³/mol. The van der Waals surface area contributed by atoms with Gasteiger partial charge in [0.2, 0.25) is 0 Å². The topological polar surface area (TPSA) is 106 Å². The molecule has 0 aliphatic carbocycles. The summed E-state index contributed by atoms with van der Waals surface area (Å²) < 4.78 is 0. The van der Waals surface area contributed by atoms with Gasteiger partial charge in [0.05, 0.1) is 17.1 Å². The molecule has 3 aromatic heterocycles. The molecule has 0 saturated carbocycles. The van der Waals surface area contributed by atoms with Crippen LogP contribution in [0, 0.1) is 0 Å². The molecule has 3 heterocycles. The van der Waals surface area contributed by atoms with Crippen molar-refractivity contribution in [2.75, 3.05) is 5.73 Å². The summed E-state index contributed by atoms with van der Waals surface area (Å²) in [6.45, 7) is 0. The maximum atomic E-state index is 6.44. The number of hydrogen-bond donors (Lipinski definition) is 2. The third-order valence-corrected chi connectivity index (χ3v) is 4.78. The zero-order valence-electron chi connectivity index (χ0n) is 15.4. The lowest BCUT2D eigenvalue weighted by Crippen LogP contribution is -2.02. The molecule has 0 unspecified atom stereocenters. The van der Waals surface area contributed by atoms with Crippen molar-refractivity contribution >= 4 is 16.7 Å². The molecule has 140 valence electrons. The summed E-state index contributed by atoms with van der Waals surface area (Å²) in [4.78, 5) is 13.7. The Morgan fingerprint density at radius 1 is 0.897 bits per heavy atom. The van der Waals surface area contributed by atoms with Gasteiger partial charge in [-0.25, -0.2) is 9.97 Å². The van der Waals surface area contributed by atoms with Gasteiger partial charge in [-0.15, -0.1) is 0 Å². The molecule has 0 atom stereocenters. The van der Waals surface area contributed by atoms with Crippen LogP contribution in [0.4, 0.5) is 5.82 Å². The summed E-state index contributed by atoms with van der Waals surface area (Å²) in [5.41, 5.74) is 12.0. The van der Waals surface area contributed by atoms with Crippen LogP contribution in [0.1, 0.15) is 11.3 Å². The van der Waals surface area contributed by atoms with Crippen LogP contribution in [0.5, 0.6) is 0 Å². The van der Waals surface area contributed by atoms with Crippen LogP contribution in [0.3, 0.4) is 0 Å². The standard InChI is InChI=1S/C22H17N7/c23-21-20-17(26-22(27-21)18-13-25-29-28-18)10-9-15(12-16-8-4-5-11-24-16)19(20)14-6-2-1-3-7-14/h1-11,13H,12H2,(H2,23,26,27)(H,25,28,29).